The fraction of sp³-hybridized carbons (Fsp3) is 0.200. The van der Waals surface area contributed by atoms with Gasteiger partial charge in [-0.2, -0.15) is 5.10 Å². The minimum absolute atomic E-state index is 0.114. The first-order chi connectivity index (χ1) is 7.09. The molecule has 0 radical (unpaired) electrons. The first-order valence-electron chi connectivity index (χ1n) is 4.49. The summed E-state index contributed by atoms with van der Waals surface area (Å²) >= 11 is 0. The number of aromatic nitrogens is 2. The quantitative estimate of drug-likeness (QED) is 0.694. The number of carboxylic acid groups (broad SMARTS) is 1. The number of aromatic amines is 1. The van der Waals surface area contributed by atoms with Gasteiger partial charge < -0.3 is 10.2 Å². The fourth-order valence-electron chi connectivity index (χ4n) is 1.47. The Morgan fingerprint density at radius 2 is 2.27 bits per heavy atom. The van der Waals surface area contributed by atoms with Crippen molar-refractivity contribution in [1.29, 1.82) is 0 Å². The van der Waals surface area contributed by atoms with Crippen molar-refractivity contribution in [1.82, 2.24) is 10.2 Å². The number of nitrogens with one attached hydrogen (secondary N) is 1. The van der Waals surface area contributed by atoms with Crippen LogP contribution in [0.15, 0.2) is 18.2 Å². The maximum atomic E-state index is 10.8. The van der Waals surface area contributed by atoms with Gasteiger partial charge in [-0.3, -0.25) is 9.89 Å². The van der Waals surface area contributed by atoms with Crippen molar-refractivity contribution in [3.8, 4) is 5.75 Å². The number of aromatic hydroxyl groups is 1. The van der Waals surface area contributed by atoms with Crippen molar-refractivity contribution in [3.05, 3.63) is 23.9 Å². The summed E-state index contributed by atoms with van der Waals surface area (Å²) in [5.41, 5.74) is 1.12. The Morgan fingerprint density at radius 1 is 1.53 bits per heavy atom. The van der Waals surface area contributed by atoms with E-state index in [4.69, 9.17) is 5.11 Å². The number of rotatable bonds is 2. The predicted molar refractivity (Wildman–Crippen MR) is 53.8 cm³/mol. The average molecular weight is 206 g/mol. The molecule has 0 aliphatic rings. The third kappa shape index (κ3) is 1.52. The van der Waals surface area contributed by atoms with Crippen LogP contribution in [-0.2, 0) is 4.79 Å². The monoisotopic (exact) mass is 206 g/mol. The van der Waals surface area contributed by atoms with Crippen LogP contribution in [0.25, 0.3) is 10.9 Å². The molecule has 1 atom stereocenters. The Hall–Kier alpha value is -2.04. The number of benzene rings is 1. The second-order valence-corrected chi connectivity index (χ2v) is 3.40. The van der Waals surface area contributed by atoms with Crippen LogP contribution < -0.4 is 0 Å². The van der Waals surface area contributed by atoms with Crippen LogP contribution in [0.1, 0.15) is 18.5 Å². The highest BCUT2D eigenvalue weighted by molar-refractivity contribution is 5.88. The summed E-state index contributed by atoms with van der Waals surface area (Å²) in [4.78, 5) is 10.8. The van der Waals surface area contributed by atoms with E-state index >= 15 is 0 Å². The number of H-pyrrole nitrogens is 1. The second kappa shape index (κ2) is 3.27. The van der Waals surface area contributed by atoms with Crippen LogP contribution in [-0.4, -0.2) is 26.4 Å². The van der Waals surface area contributed by atoms with Gasteiger partial charge in [-0.25, -0.2) is 0 Å². The summed E-state index contributed by atoms with van der Waals surface area (Å²) in [6.45, 7) is 1.59. The Labute approximate surface area is 85.4 Å². The molecular weight excluding hydrogens is 196 g/mol. The van der Waals surface area contributed by atoms with Gasteiger partial charge in [-0.05, 0) is 19.1 Å². The van der Waals surface area contributed by atoms with Crippen LogP contribution >= 0.6 is 0 Å². The van der Waals surface area contributed by atoms with E-state index in [1.165, 1.54) is 12.1 Å². The van der Waals surface area contributed by atoms with E-state index in [2.05, 4.69) is 10.2 Å². The molecular formula is C10H10N2O3. The summed E-state index contributed by atoms with van der Waals surface area (Å²) < 4.78 is 0. The van der Waals surface area contributed by atoms with Gasteiger partial charge in [0, 0.05) is 11.5 Å². The van der Waals surface area contributed by atoms with E-state index in [-0.39, 0.29) is 5.75 Å². The third-order valence-electron chi connectivity index (χ3n) is 2.37. The average Bonchev–Trinajstić information content (AvgIpc) is 2.59. The molecule has 2 aromatic rings. The number of hydrogen-bond donors (Lipinski definition) is 3. The van der Waals surface area contributed by atoms with Gasteiger partial charge in [0.1, 0.15) is 5.75 Å². The molecule has 3 N–H and O–H groups in total. The first-order valence-corrected chi connectivity index (χ1v) is 4.49. The van der Waals surface area contributed by atoms with Crippen molar-refractivity contribution in [3.63, 3.8) is 0 Å². The smallest absolute Gasteiger partial charge is 0.312 e. The maximum Gasteiger partial charge on any atom is 0.312 e. The summed E-state index contributed by atoms with van der Waals surface area (Å²) in [6, 6.07) is 4.66. The zero-order valence-corrected chi connectivity index (χ0v) is 8.06. The van der Waals surface area contributed by atoms with Gasteiger partial charge in [0.2, 0.25) is 0 Å². The number of fused-ring (bicyclic) bond motifs is 1. The number of phenols is 1. The Bertz CT molecular complexity index is 518. The van der Waals surface area contributed by atoms with Crippen molar-refractivity contribution < 1.29 is 15.0 Å². The predicted octanol–water partition coefficient (Wildman–Crippen LogP) is 1.46. The summed E-state index contributed by atoms with van der Waals surface area (Å²) in [5, 5.41) is 25.4. The van der Waals surface area contributed by atoms with Crippen LogP contribution in [0.4, 0.5) is 0 Å². The molecule has 1 aromatic carbocycles. The topological polar surface area (TPSA) is 86.2 Å². The number of aliphatic carboxylic acids is 1. The number of nitrogens with zero attached hydrogens (tertiary/aromatic N) is 1. The van der Waals surface area contributed by atoms with Crippen molar-refractivity contribution in [2.45, 2.75) is 12.8 Å². The number of carbonyl (C=O) groups is 1. The van der Waals surface area contributed by atoms with Gasteiger partial charge in [0.25, 0.3) is 0 Å². The van der Waals surface area contributed by atoms with Gasteiger partial charge in [0.05, 0.1) is 17.1 Å². The molecule has 0 aliphatic carbocycles. The standard InChI is InChI=1S/C10H10N2O3/c1-5(10(14)15)9-7-3-2-6(13)4-8(7)11-12-9/h2-5,13H,1H3,(H,11,12)(H,14,15). The van der Waals surface area contributed by atoms with E-state index in [1.807, 2.05) is 0 Å². The maximum absolute atomic E-state index is 10.8. The molecule has 0 aliphatic heterocycles. The molecule has 5 nitrogen and oxygen atoms in total. The van der Waals surface area contributed by atoms with Crippen molar-refractivity contribution in [2.75, 3.05) is 0 Å². The molecule has 1 heterocycles. The van der Waals surface area contributed by atoms with E-state index < -0.39 is 11.9 Å². The molecule has 0 fully saturated rings. The van der Waals surface area contributed by atoms with Crippen molar-refractivity contribution in [2.24, 2.45) is 0 Å². The number of phenolic OH excluding ortho intramolecular Hbond substituents is 1. The lowest BCUT2D eigenvalue weighted by molar-refractivity contribution is -0.138. The highest BCUT2D eigenvalue weighted by Gasteiger charge is 2.18. The Morgan fingerprint density at radius 3 is 2.93 bits per heavy atom. The van der Waals surface area contributed by atoms with E-state index in [0.29, 0.717) is 11.2 Å². The molecule has 15 heavy (non-hydrogen) atoms. The molecule has 1 aromatic heterocycles. The second-order valence-electron chi connectivity index (χ2n) is 3.40. The number of carboxylic acids is 1. The fourth-order valence-corrected chi connectivity index (χ4v) is 1.47. The largest absolute Gasteiger partial charge is 0.508 e. The molecule has 78 valence electrons. The molecule has 2 rings (SSSR count). The number of hydrogen-bond acceptors (Lipinski definition) is 3. The minimum atomic E-state index is -0.909. The van der Waals surface area contributed by atoms with E-state index in [0.717, 1.165) is 5.39 Å². The zero-order valence-electron chi connectivity index (χ0n) is 8.06. The van der Waals surface area contributed by atoms with Crippen LogP contribution in [0.3, 0.4) is 0 Å². The molecule has 1 unspecified atom stereocenters. The van der Waals surface area contributed by atoms with Gasteiger partial charge >= 0.3 is 5.97 Å². The summed E-state index contributed by atoms with van der Waals surface area (Å²) in [6.07, 6.45) is 0. The summed E-state index contributed by atoms with van der Waals surface area (Å²) in [7, 11) is 0. The molecule has 0 amide bonds. The SMILES string of the molecule is CC(C(=O)O)c1[nH]nc2cc(O)ccc12. The van der Waals surface area contributed by atoms with Crippen LogP contribution in [0.5, 0.6) is 5.75 Å². The Kier molecular flexibility index (Phi) is 2.07. The third-order valence-corrected chi connectivity index (χ3v) is 2.37. The molecule has 0 saturated carbocycles. The Balaban J connectivity index is 2.59. The molecule has 0 spiro atoms. The van der Waals surface area contributed by atoms with E-state index in [1.54, 1.807) is 13.0 Å². The van der Waals surface area contributed by atoms with Gasteiger partial charge in [-0.15, -0.1) is 0 Å². The van der Waals surface area contributed by atoms with Gasteiger partial charge in [0.15, 0.2) is 0 Å². The van der Waals surface area contributed by atoms with Crippen LogP contribution in [0.2, 0.25) is 0 Å². The molecule has 0 saturated heterocycles. The summed E-state index contributed by atoms with van der Waals surface area (Å²) in [5.74, 6) is -1.43. The highest BCUT2D eigenvalue weighted by atomic mass is 16.4. The molecule has 5 heteroatoms. The lowest BCUT2D eigenvalue weighted by Crippen LogP contribution is -2.07. The normalized spacial score (nSPS) is 12.9. The highest BCUT2D eigenvalue weighted by Crippen LogP contribution is 2.25. The lowest BCUT2D eigenvalue weighted by atomic mass is 10.0. The van der Waals surface area contributed by atoms with E-state index in [9.17, 15) is 9.90 Å². The van der Waals surface area contributed by atoms with Gasteiger partial charge in [-0.1, -0.05) is 0 Å². The zero-order chi connectivity index (χ0) is 11.0. The minimum Gasteiger partial charge on any atom is -0.508 e. The van der Waals surface area contributed by atoms with Crippen LogP contribution in [0, 0.1) is 0 Å². The first kappa shape index (κ1) is 9.51. The van der Waals surface area contributed by atoms with Crippen molar-refractivity contribution >= 4 is 16.9 Å². The lowest BCUT2D eigenvalue weighted by Gasteiger charge is -2.02. The molecule has 0 bridgehead atoms.